The predicted molar refractivity (Wildman–Crippen MR) is 60.3 cm³/mol. The molecule has 5 nitrogen and oxygen atoms in total. The highest BCUT2D eigenvalue weighted by molar-refractivity contribution is 7.13. The fourth-order valence-electron chi connectivity index (χ4n) is 1.89. The molecule has 0 unspecified atom stereocenters. The van der Waals surface area contributed by atoms with E-state index in [4.69, 9.17) is 4.52 Å². The number of thiazole rings is 1. The first kappa shape index (κ1) is 9.92. The molecule has 1 N–H and O–H groups in total. The summed E-state index contributed by atoms with van der Waals surface area (Å²) in [6, 6.07) is 0. The van der Waals surface area contributed by atoms with Gasteiger partial charge in [-0.1, -0.05) is 5.16 Å². The third kappa shape index (κ3) is 1.85. The quantitative estimate of drug-likeness (QED) is 0.859. The van der Waals surface area contributed by atoms with E-state index in [1.807, 2.05) is 0 Å². The Kier molecular flexibility index (Phi) is 2.67. The lowest BCUT2D eigenvalue weighted by atomic mass is 10.00. The number of rotatable bonds is 2. The first-order valence-corrected chi connectivity index (χ1v) is 6.24. The lowest BCUT2D eigenvalue weighted by molar-refractivity contribution is 0.322. The molecule has 0 aliphatic carbocycles. The molecular weight excluding hydrogens is 224 g/mol. The SMILES string of the molecule is c1ncc(-c2noc([C@@H]3CCCNC3)n2)s1. The molecule has 16 heavy (non-hydrogen) atoms. The highest BCUT2D eigenvalue weighted by Crippen LogP contribution is 2.25. The Bertz CT molecular complexity index is 447. The largest absolute Gasteiger partial charge is 0.339 e. The van der Waals surface area contributed by atoms with Crippen LogP contribution in [0.3, 0.4) is 0 Å². The average molecular weight is 236 g/mol. The Morgan fingerprint density at radius 3 is 3.25 bits per heavy atom. The van der Waals surface area contributed by atoms with E-state index in [-0.39, 0.29) is 0 Å². The second kappa shape index (κ2) is 4.31. The van der Waals surface area contributed by atoms with Gasteiger partial charge in [0.25, 0.3) is 0 Å². The third-order valence-electron chi connectivity index (χ3n) is 2.74. The van der Waals surface area contributed by atoms with Crippen LogP contribution in [0, 0.1) is 0 Å². The first-order valence-electron chi connectivity index (χ1n) is 5.36. The van der Waals surface area contributed by atoms with Crippen LogP contribution in [-0.2, 0) is 0 Å². The Labute approximate surface area is 96.9 Å². The second-order valence-corrected chi connectivity index (χ2v) is 4.75. The number of piperidine rings is 1. The molecule has 1 saturated heterocycles. The van der Waals surface area contributed by atoms with E-state index in [0.717, 1.165) is 30.3 Å². The van der Waals surface area contributed by atoms with E-state index in [1.54, 1.807) is 11.7 Å². The van der Waals surface area contributed by atoms with Crippen molar-refractivity contribution in [3.8, 4) is 10.7 Å². The summed E-state index contributed by atoms with van der Waals surface area (Å²) in [5.41, 5.74) is 1.77. The van der Waals surface area contributed by atoms with Crippen LogP contribution in [0.15, 0.2) is 16.2 Å². The molecule has 1 aliphatic rings. The zero-order valence-electron chi connectivity index (χ0n) is 8.72. The minimum absolute atomic E-state index is 0.364. The minimum Gasteiger partial charge on any atom is -0.339 e. The van der Waals surface area contributed by atoms with Gasteiger partial charge < -0.3 is 9.84 Å². The van der Waals surface area contributed by atoms with Crippen molar-refractivity contribution in [2.75, 3.05) is 13.1 Å². The number of hydrogen-bond acceptors (Lipinski definition) is 6. The number of hydrogen-bond donors (Lipinski definition) is 1. The van der Waals surface area contributed by atoms with Crippen molar-refractivity contribution >= 4 is 11.3 Å². The molecular formula is C10H12N4OS. The average Bonchev–Trinajstić information content (AvgIpc) is 3.01. The molecule has 1 fully saturated rings. The highest BCUT2D eigenvalue weighted by Gasteiger charge is 2.21. The van der Waals surface area contributed by atoms with Crippen LogP contribution >= 0.6 is 11.3 Å². The summed E-state index contributed by atoms with van der Waals surface area (Å²) in [6.45, 7) is 2.02. The molecule has 3 heterocycles. The van der Waals surface area contributed by atoms with Crippen molar-refractivity contribution in [2.45, 2.75) is 18.8 Å². The van der Waals surface area contributed by atoms with E-state index < -0.39 is 0 Å². The van der Waals surface area contributed by atoms with Gasteiger partial charge >= 0.3 is 0 Å². The van der Waals surface area contributed by atoms with Crippen molar-refractivity contribution in [1.29, 1.82) is 0 Å². The zero-order chi connectivity index (χ0) is 10.8. The standard InChI is InChI=1S/C10H12N4OS/c1-2-7(4-11-3-1)10-13-9(14-15-10)8-5-12-6-16-8/h5-7,11H,1-4H2/t7-/m1/s1. The maximum Gasteiger partial charge on any atom is 0.231 e. The Balaban J connectivity index is 1.82. The molecule has 0 bridgehead atoms. The van der Waals surface area contributed by atoms with Gasteiger partial charge in [0, 0.05) is 12.7 Å². The van der Waals surface area contributed by atoms with Gasteiger partial charge in [-0.25, -0.2) is 0 Å². The van der Waals surface area contributed by atoms with E-state index in [2.05, 4.69) is 20.4 Å². The van der Waals surface area contributed by atoms with E-state index in [1.165, 1.54) is 17.8 Å². The van der Waals surface area contributed by atoms with E-state index in [9.17, 15) is 0 Å². The highest BCUT2D eigenvalue weighted by atomic mass is 32.1. The lowest BCUT2D eigenvalue weighted by Gasteiger charge is -2.18. The van der Waals surface area contributed by atoms with Gasteiger partial charge in [0.15, 0.2) is 0 Å². The van der Waals surface area contributed by atoms with Gasteiger partial charge in [-0.3, -0.25) is 4.98 Å². The first-order chi connectivity index (χ1) is 7.93. The molecule has 0 saturated carbocycles. The van der Waals surface area contributed by atoms with Crippen molar-refractivity contribution in [2.24, 2.45) is 0 Å². The Morgan fingerprint density at radius 1 is 1.50 bits per heavy atom. The molecule has 0 aromatic carbocycles. The second-order valence-electron chi connectivity index (χ2n) is 3.87. The van der Waals surface area contributed by atoms with Gasteiger partial charge in [0.2, 0.25) is 11.7 Å². The normalized spacial score (nSPS) is 21.1. The summed E-state index contributed by atoms with van der Waals surface area (Å²) in [4.78, 5) is 9.39. The van der Waals surface area contributed by atoms with Crippen LogP contribution < -0.4 is 5.32 Å². The van der Waals surface area contributed by atoms with Gasteiger partial charge in [0.1, 0.15) is 0 Å². The smallest absolute Gasteiger partial charge is 0.231 e. The minimum atomic E-state index is 0.364. The molecule has 84 valence electrons. The fraction of sp³-hybridized carbons (Fsp3) is 0.500. The van der Waals surface area contributed by atoms with Gasteiger partial charge in [0.05, 0.1) is 16.3 Å². The van der Waals surface area contributed by atoms with Gasteiger partial charge in [-0.05, 0) is 19.4 Å². The van der Waals surface area contributed by atoms with Crippen LogP contribution in [0.5, 0.6) is 0 Å². The molecule has 3 rings (SSSR count). The number of aromatic nitrogens is 3. The van der Waals surface area contributed by atoms with Gasteiger partial charge in [-0.2, -0.15) is 4.98 Å². The maximum absolute atomic E-state index is 5.31. The predicted octanol–water partition coefficient (Wildman–Crippen LogP) is 1.66. The Hall–Kier alpha value is -1.27. The third-order valence-corrected chi connectivity index (χ3v) is 3.51. The van der Waals surface area contributed by atoms with Crippen LogP contribution in [0.4, 0.5) is 0 Å². The summed E-state index contributed by atoms with van der Waals surface area (Å²) in [6.07, 6.45) is 4.05. The topological polar surface area (TPSA) is 63.8 Å². The van der Waals surface area contributed by atoms with Crippen molar-refractivity contribution in [3.05, 3.63) is 17.6 Å². The number of nitrogens with zero attached hydrogens (tertiary/aromatic N) is 3. The molecule has 1 atom stereocenters. The van der Waals surface area contributed by atoms with Crippen LogP contribution in [0.25, 0.3) is 10.7 Å². The maximum atomic E-state index is 5.31. The van der Waals surface area contributed by atoms with E-state index >= 15 is 0 Å². The molecule has 2 aromatic rings. The van der Waals surface area contributed by atoms with Gasteiger partial charge in [-0.15, -0.1) is 11.3 Å². The molecule has 0 spiro atoms. The van der Waals surface area contributed by atoms with Crippen LogP contribution in [0.1, 0.15) is 24.7 Å². The summed E-state index contributed by atoms with van der Waals surface area (Å²) in [5, 5.41) is 7.33. The van der Waals surface area contributed by atoms with Crippen molar-refractivity contribution in [1.82, 2.24) is 20.4 Å². The molecule has 0 radical (unpaired) electrons. The van der Waals surface area contributed by atoms with Crippen LogP contribution in [0.2, 0.25) is 0 Å². The van der Waals surface area contributed by atoms with Crippen LogP contribution in [-0.4, -0.2) is 28.2 Å². The molecule has 6 heteroatoms. The van der Waals surface area contributed by atoms with E-state index in [0.29, 0.717) is 11.7 Å². The zero-order valence-corrected chi connectivity index (χ0v) is 9.54. The summed E-state index contributed by atoms with van der Waals surface area (Å²) in [7, 11) is 0. The summed E-state index contributed by atoms with van der Waals surface area (Å²) < 4.78 is 5.31. The summed E-state index contributed by atoms with van der Waals surface area (Å²) in [5.74, 6) is 1.77. The molecule has 1 aliphatic heterocycles. The Morgan fingerprint density at radius 2 is 2.50 bits per heavy atom. The molecule has 0 amide bonds. The lowest BCUT2D eigenvalue weighted by Crippen LogP contribution is -2.28. The number of nitrogens with one attached hydrogen (secondary N) is 1. The summed E-state index contributed by atoms with van der Waals surface area (Å²) >= 11 is 1.52. The molecule has 2 aromatic heterocycles. The van der Waals surface area contributed by atoms with Crippen molar-refractivity contribution in [3.63, 3.8) is 0 Å². The fourth-order valence-corrected chi connectivity index (χ4v) is 2.44. The monoisotopic (exact) mass is 236 g/mol. The van der Waals surface area contributed by atoms with Crippen molar-refractivity contribution < 1.29 is 4.52 Å².